The summed E-state index contributed by atoms with van der Waals surface area (Å²) >= 11 is 5.39. The lowest BCUT2D eigenvalue weighted by molar-refractivity contribution is 0.0682. The van der Waals surface area contributed by atoms with E-state index in [0.717, 1.165) is 25.9 Å². The highest BCUT2D eigenvalue weighted by Gasteiger charge is 2.18. The molecule has 2 N–H and O–H groups in total. The third-order valence-electron chi connectivity index (χ3n) is 5.43. The summed E-state index contributed by atoms with van der Waals surface area (Å²) in [5.74, 6) is 0.823. The summed E-state index contributed by atoms with van der Waals surface area (Å²) in [6.45, 7) is 1.72. The zero-order valence-corrected chi connectivity index (χ0v) is 19.7. The Balaban J connectivity index is 1.33. The van der Waals surface area contributed by atoms with E-state index < -0.39 is 0 Å². The molecule has 1 amide bonds. The van der Waals surface area contributed by atoms with Crippen molar-refractivity contribution < 1.29 is 19.0 Å². The molecule has 0 saturated carbocycles. The van der Waals surface area contributed by atoms with Crippen LogP contribution in [0.25, 0.3) is 0 Å². The Kier molecular flexibility index (Phi) is 8.48. The van der Waals surface area contributed by atoms with Crippen molar-refractivity contribution in [3.63, 3.8) is 0 Å². The third-order valence-corrected chi connectivity index (χ3v) is 5.64. The predicted molar refractivity (Wildman–Crippen MR) is 137 cm³/mol. The summed E-state index contributed by atoms with van der Waals surface area (Å²) in [5.41, 5.74) is 2.27. The third kappa shape index (κ3) is 6.79. The van der Waals surface area contributed by atoms with Crippen LogP contribution < -0.4 is 20.1 Å². The first-order valence-electron chi connectivity index (χ1n) is 11.4. The van der Waals surface area contributed by atoms with Crippen LogP contribution in [0.1, 0.15) is 28.8 Å². The first-order chi connectivity index (χ1) is 16.7. The van der Waals surface area contributed by atoms with Gasteiger partial charge in [-0.25, -0.2) is 0 Å². The van der Waals surface area contributed by atoms with E-state index in [9.17, 15) is 4.79 Å². The van der Waals surface area contributed by atoms with Gasteiger partial charge in [-0.3, -0.25) is 10.1 Å². The SMILES string of the molecule is O=C(NC(=S)Nc1ccccc1OCC1CCCO1)c1ccccc1OCCc1ccccc1. The number of carbonyl (C=O) groups is 1. The molecule has 0 spiro atoms. The largest absolute Gasteiger partial charge is 0.492 e. The Morgan fingerprint density at radius 1 is 0.941 bits per heavy atom. The quantitative estimate of drug-likeness (QED) is 0.424. The molecule has 1 unspecified atom stereocenters. The Morgan fingerprint density at radius 2 is 1.68 bits per heavy atom. The molecule has 1 atom stereocenters. The first kappa shape index (κ1) is 23.7. The second kappa shape index (κ2) is 12.2. The van der Waals surface area contributed by atoms with Gasteiger partial charge >= 0.3 is 0 Å². The highest BCUT2D eigenvalue weighted by Crippen LogP contribution is 2.25. The van der Waals surface area contributed by atoms with Crippen LogP contribution in [-0.2, 0) is 11.2 Å². The molecule has 34 heavy (non-hydrogen) atoms. The van der Waals surface area contributed by atoms with Crippen LogP contribution in [0.4, 0.5) is 5.69 Å². The molecule has 1 heterocycles. The van der Waals surface area contributed by atoms with Crippen molar-refractivity contribution in [2.75, 3.05) is 25.1 Å². The Hall–Kier alpha value is -3.42. The number of para-hydroxylation sites is 3. The van der Waals surface area contributed by atoms with Crippen molar-refractivity contribution in [3.05, 3.63) is 90.0 Å². The summed E-state index contributed by atoms with van der Waals surface area (Å²) in [6.07, 6.45) is 2.91. The molecule has 0 aliphatic carbocycles. The van der Waals surface area contributed by atoms with Gasteiger partial charge in [0.25, 0.3) is 5.91 Å². The fourth-order valence-corrected chi connectivity index (χ4v) is 3.88. The van der Waals surface area contributed by atoms with Crippen molar-refractivity contribution in [2.24, 2.45) is 0 Å². The van der Waals surface area contributed by atoms with Crippen molar-refractivity contribution in [3.8, 4) is 11.5 Å². The molecular weight excluding hydrogens is 448 g/mol. The van der Waals surface area contributed by atoms with Gasteiger partial charge in [-0.2, -0.15) is 0 Å². The van der Waals surface area contributed by atoms with E-state index in [1.165, 1.54) is 5.56 Å². The standard InChI is InChI=1S/C27H28N2O4S/c30-26(22-12-4-6-14-24(22)32-18-16-20-9-2-1-3-10-20)29-27(34)28-23-13-5-7-15-25(23)33-19-21-11-8-17-31-21/h1-7,9-10,12-15,21H,8,11,16-19H2,(H2,28,29,30,34). The van der Waals surface area contributed by atoms with Gasteiger partial charge in [-0.1, -0.05) is 54.6 Å². The minimum Gasteiger partial charge on any atom is -0.492 e. The van der Waals surface area contributed by atoms with Gasteiger partial charge in [0, 0.05) is 13.0 Å². The molecule has 6 nitrogen and oxygen atoms in total. The zero-order valence-electron chi connectivity index (χ0n) is 18.9. The Labute approximate surface area is 205 Å². The fraction of sp³-hybridized carbons (Fsp3) is 0.259. The van der Waals surface area contributed by atoms with Gasteiger partial charge in [0.05, 0.1) is 24.0 Å². The van der Waals surface area contributed by atoms with Crippen molar-refractivity contribution in [2.45, 2.75) is 25.4 Å². The number of ether oxygens (including phenoxy) is 3. The van der Waals surface area contributed by atoms with E-state index in [-0.39, 0.29) is 17.1 Å². The molecule has 7 heteroatoms. The molecule has 1 saturated heterocycles. The number of rotatable bonds is 9. The number of benzene rings is 3. The van der Waals surface area contributed by atoms with Crippen LogP contribution in [0.5, 0.6) is 11.5 Å². The molecule has 0 bridgehead atoms. The maximum atomic E-state index is 12.9. The topological polar surface area (TPSA) is 68.8 Å². The first-order valence-corrected chi connectivity index (χ1v) is 11.8. The Morgan fingerprint density at radius 3 is 2.47 bits per heavy atom. The van der Waals surface area contributed by atoms with E-state index in [4.69, 9.17) is 26.4 Å². The summed E-state index contributed by atoms with van der Waals surface area (Å²) in [6, 6.07) is 24.7. The van der Waals surface area contributed by atoms with E-state index in [0.29, 0.717) is 36.0 Å². The van der Waals surface area contributed by atoms with E-state index in [2.05, 4.69) is 22.8 Å². The number of anilines is 1. The maximum absolute atomic E-state index is 12.9. The van der Waals surface area contributed by atoms with Crippen LogP contribution in [0.15, 0.2) is 78.9 Å². The summed E-state index contributed by atoms with van der Waals surface area (Å²) in [7, 11) is 0. The zero-order chi connectivity index (χ0) is 23.6. The molecule has 4 rings (SSSR count). The molecular formula is C27H28N2O4S. The highest BCUT2D eigenvalue weighted by atomic mass is 32.1. The highest BCUT2D eigenvalue weighted by molar-refractivity contribution is 7.80. The minimum atomic E-state index is -0.342. The monoisotopic (exact) mass is 476 g/mol. The minimum absolute atomic E-state index is 0.109. The van der Waals surface area contributed by atoms with Crippen LogP contribution in [-0.4, -0.2) is 36.9 Å². The second-order valence-corrected chi connectivity index (χ2v) is 8.34. The lowest BCUT2D eigenvalue weighted by Crippen LogP contribution is -2.34. The van der Waals surface area contributed by atoms with Crippen molar-refractivity contribution >= 4 is 28.9 Å². The maximum Gasteiger partial charge on any atom is 0.261 e. The summed E-state index contributed by atoms with van der Waals surface area (Å²) in [4.78, 5) is 12.9. The van der Waals surface area contributed by atoms with Gasteiger partial charge in [-0.15, -0.1) is 0 Å². The van der Waals surface area contributed by atoms with Crippen molar-refractivity contribution in [1.29, 1.82) is 0 Å². The Bertz CT molecular complexity index is 1100. The smallest absolute Gasteiger partial charge is 0.261 e. The van der Waals surface area contributed by atoms with Crippen molar-refractivity contribution in [1.82, 2.24) is 5.32 Å². The molecule has 176 valence electrons. The average Bonchev–Trinajstić information content (AvgIpc) is 3.38. The number of hydrogen-bond donors (Lipinski definition) is 2. The second-order valence-electron chi connectivity index (χ2n) is 7.93. The number of hydrogen-bond acceptors (Lipinski definition) is 5. The lowest BCUT2D eigenvalue weighted by atomic mass is 10.1. The molecule has 1 aliphatic rings. The van der Waals surface area contributed by atoms with Gasteiger partial charge < -0.3 is 19.5 Å². The normalized spacial score (nSPS) is 14.9. The van der Waals surface area contributed by atoms with Crippen LogP contribution in [0, 0.1) is 0 Å². The molecule has 0 aromatic heterocycles. The number of carbonyl (C=O) groups excluding carboxylic acids is 1. The molecule has 1 aliphatic heterocycles. The molecule has 1 fully saturated rings. The lowest BCUT2D eigenvalue weighted by Gasteiger charge is -2.17. The van der Waals surface area contributed by atoms with Gasteiger partial charge in [0.2, 0.25) is 0 Å². The molecule has 3 aromatic carbocycles. The number of amides is 1. The van der Waals surface area contributed by atoms with E-state index >= 15 is 0 Å². The molecule has 3 aromatic rings. The fourth-order valence-electron chi connectivity index (χ4n) is 3.68. The summed E-state index contributed by atoms with van der Waals surface area (Å²) < 4.78 is 17.5. The van der Waals surface area contributed by atoms with E-state index in [1.54, 1.807) is 18.2 Å². The molecule has 0 radical (unpaired) electrons. The van der Waals surface area contributed by atoms with Gasteiger partial charge in [0.15, 0.2) is 5.11 Å². The number of thiocarbonyl (C=S) groups is 1. The van der Waals surface area contributed by atoms with E-state index in [1.807, 2.05) is 48.5 Å². The predicted octanol–water partition coefficient (Wildman–Crippen LogP) is 4.99. The number of nitrogens with one attached hydrogen (secondary N) is 2. The summed E-state index contributed by atoms with van der Waals surface area (Å²) in [5, 5.41) is 5.98. The van der Waals surface area contributed by atoms with Crippen LogP contribution in [0.2, 0.25) is 0 Å². The van der Waals surface area contributed by atoms with Crippen LogP contribution in [0.3, 0.4) is 0 Å². The van der Waals surface area contributed by atoms with Crippen LogP contribution >= 0.6 is 12.2 Å². The van der Waals surface area contributed by atoms with Gasteiger partial charge in [0.1, 0.15) is 18.1 Å². The van der Waals surface area contributed by atoms with Gasteiger partial charge in [-0.05, 0) is 54.9 Å². The average molecular weight is 477 g/mol.